The molecule has 1 aliphatic rings. The number of nitrogens with one attached hydrogen (secondary N) is 1. The van der Waals surface area contributed by atoms with Gasteiger partial charge in [-0.3, -0.25) is 4.79 Å². The van der Waals surface area contributed by atoms with Crippen LogP contribution >= 0.6 is 15.9 Å². The van der Waals surface area contributed by atoms with Crippen molar-refractivity contribution in [2.75, 3.05) is 6.54 Å². The van der Waals surface area contributed by atoms with Gasteiger partial charge < -0.3 is 15.0 Å². The van der Waals surface area contributed by atoms with Crippen molar-refractivity contribution in [3.8, 4) is 0 Å². The summed E-state index contributed by atoms with van der Waals surface area (Å²) < 4.78 is 2.64. The topological polar surface area (TPSA) is 54.3 Å². The summed E-state index contributed by atoms with van der Waals surface area (Å²) in [6.45, 7) is 0.342. The van der Waals surface area contributed by atoms with Crippen molar-refractivity contribution in [3.05, 3.63) is 22.4 Å². The standard InChI is InChI=1S/C12H17BrN2O2/c1-15-7-9(13)6-10(15)11(16)14-8-12(17)4-2-3-5-12/h6-7,17H,2-5,8H2,1H3,(H,14,16). The van der Waals surface area contributed by atoms with E-state index in [1.807, 2.05) is 13.2 Å². The van der Waals surface area contributed by atoms with Gasteiger partial charge >= 0.3 is 0 Å². The van der Waals surface area contributed by atoms with Gasteiger partial charge in [0.2, 0.25) is 0 Å². The lowest BCUT2D eigenvalue weighted by atomic mass is 10.0. The second kappa shape index (κ2) is 4.82. The summed E-state index contributed by atoms with van der Waals surface area (Å²) in [6, 6.07) is 1.77. The van der Waals surface area contributed by atoms with Gasteiger partial charge in [-0.2, -0.15) is 0 Å². The third-order valence-corrected chi connectivity index (χ3v) is 3.75. The minimum Gasteiger partial charge on any atom is -0.388 e. The van der Waals surface area contributed by atoms with Crippen LogP contribution in [0, 0.1) is 0 Å². The van der Waals surface area contributed by atoms with Gasteiger partial charge in [-0.25, -0.2) is 0 Å². The van der Waals surface area contributed by atoms with Gasteiger partial charge in [-0.15, -0.1) is 0 Å². The van der Waals surface area contributed by atoms with E-state index in [1.165, 1.54) is 0 Å². The molecule has 1 amide bonds. The zero-order valence-electron chi connectivity index (χ0n) is 9.87. The number of rotatable bonds is 3. The molecule has 1 aliphatic carbocycles. The molecule has 2 N–H and O–H groups in total. The number of halogens is 1. The second-order valence-electron chi connectivity index (χ2n) is 4.77. The molecule has 5 heteroatoms. The number of carbonyl (C=O) groups is 1. The fourth-order valence-corrected chi connectivity index (χ4v) is 2.82. The summed E-state index contributed by atoms with van der Waals surface area (Å²) in [6.07, 6.45) is 5.48. The Hall–Kier alpha value is -0.810. The summed E-state index contributed by atoms with van der Waals surface area (Å²) in [5.41, 5.74) is -0.101. The van der Waals surface area contributed by atoms with Crippen molar-refractivity contribution in [1.29, 1.82) is 0 Å². The SMILES string of the molecule is Cn1cc(Br)cc1C(=O)NCC1(O)CCCC1. The Morgan fingerprint density at radius 2 is 2.24 bits per heavy atom. The molecule has 4 nitrogen and oxygen atoms in total. The fraction of sp³-hybridized carbons (Fsp3) is 0.583. The summed E-state index contributed by atoms with van der Waals surface area (Å²) >= 11 is 3.33. The van der Waals surface area contributed by atoms with Crippen molar-refractivity contribution in [1.82, 2.24) is 9.88 Å². The Kier molecular flexibility index (Phi) is 3.58. The number of carbonyl (C=O) groups excluding carboxylic acids is 1. The monoisotopic (exact) mass is 300 g/mol. The maximum atomic E-state index is 11.9. The van der Waals surface area contributed by atoms with Crippen LogP contribution in [0.5, 0.6) is 0 Å². The van der Waals surface area contributed by atoms with E-state index in [4.69, 9.17) is 0 Å². The maximum Gasteiger partial charge on any atom is 0.268 e. The van der Waals surface area contributed by atoms with Gasteiger partial charge in [-0.1, -0.05) is 12.8 Å². The number of hydrogen-bond acceptors (Lipinski definition) is 2. The summed E-state index contributed by atoms with van der Waals surface area (Å²) in [5, 5.41) is 12.9. The number of aliphatic hydroxyl groups is 1. The zero-order chi connectivity index (χ0) is 12.5. The minimum absolute atomic E-state index is 0.140. The normalized spacial score (nSPS) is 18.3. The van der Waals surface area contributed by atoms with E-state index in [9.17, 15) is 9.90 Å². The quantitative estimate of drug-likeness (QED) is 0.895. The van der Waals surface area contributed by atoms with E-state index in [2.05, 4.69) is 21.2 Å². The number of aromatic nitrogens is 1. The van der Waals surface area contributed by atoms with Crippen LogP contribution in [0.15, 0.2) is 16.7 Å². The van der Waals surface area contributed by atoms with E-state index < -0.39 is 5.60 Å². The third-order valence-electron chi connectivity index (χ3n) is 3.32. The van der Waals surface area contributed by atoms with Crippen molar-refractivity contribution < 1.29 is 9.90 Å². The van der Waals surface area contributed by atoms with E-state index in [0.29, 0.717) is 12.2 Å². The van der Waals surface area contributed by atoms with Crippen LogP contribution in [0.3, 0.4) is 0 Å². The van der Waals surface area contributed by atoms with E-state index in [-0.39, 0.29) is 5.91 Å². The summed E-state index contributed by atoms with van der Waals surface area (Å²) in [5.74, 6) is -0.140. The Labute approximate surface area is 109 Å². The number of nitrogens with zero attached hydrogens (tertiary/aromatic N) is 1. The Morgan fingerprint density at radius 3 is 2.76 bits per heavy atom. The second-order valence-corrected chi connectivity index (χ2v) is 5.68. The van der Waals surface area contributed by atoms with Crippen LogP contribution < -0.4 is 5.32 Å². The average Bonchev–Trinajstić information content (AvgIpc) is 2.83. The van der Waals surface area contributed by atoms with Crippen molar-refractivity contribution in [2.24, 2.45) is 7.05 Å². The van der Waals surface area contributed by atoms with Gasteiger partial charge in [0.15, 0.2) is 0 Å². The molecule has 0 atom stereocenters. The summed E-state index contributed by atoms with van der Waals surface area (Å²) in [7, 11) is 1.82. The van der Waals surface area contributed by atoms with Crippen LogP contribution in [0.1, 0.15) is 36.2 Å². The molecule has 0 aliphatic heterocycles. The molecule has 0 bridgehead atoms. The average molecular weight is 301 g/mol. The lowest BCUT2D eigenvalue weighted by Crippen LogP contribution is -2.41. The first kappa shape index (κ1) is 12.6. The Balaban J connectivity index is 1.95. The van der Waals surface area contributed by atoms with E-state index in [1.54, 1.807) is 10.6 Å². The molecule has 0 radical (unpaired) electrons. The van der Waals surface area contributed by atoms with Gasteiger partial charge in [0.05, 0.1) is 5.60 Å². The molecule has 1 aromatic rings. The molecule has 1 heterocycles. The first-order valence-electron chi connectivity index (χ1n) is 5.83. The van der Waals surface area contributed by atoms with E-state index >= 15 is 0 Å². The molecule has 1 saturated carbocycles. The van der Waals surface area contributed by atoms with Gasteiger partial charge in [-0.05, 0) is 34.8 Å². The van der Waals surface area contributed by atoms with Crippen molar-refractivity contribution >= 4 is 21.8 Å². The maximum absolute atomic E-state index is 11.9. The number of amides is 1. The molecule has 0 aromatic carbocycles. The first-order chi connectivity index (χ1) is 8.00. The largest absolute Gasteiger partial charge is 0.388 e. The predicted octanol–water partition coefficient (Wildman–Crippen LogP) is 1.82. The highest BCUT2D eigenvalue weighted by Gasteiger charge is 2.31. The van der Waals surface area contributed by atoms with Crippen LogP contribution in [-0.4, -0.2) is 27.7 Å². The van der Waals surface area contributed by atoms with Crippen LogP contribution in [-0.2, 0) is 7.05 Å². The van der Waals surface area contributed by atoms with E-state index in [0.717, 1.165) is 30.2 Å². The molecule has 1 aromatic heterocycles. The van der Waals surface area contributed by atoms with Crippen LogP contribution in [0.25, 0.3) is 0 Å². The highest BCUT2D eigenvalue weighted by Crippen LogP contribution is 2.28. The molecule has 0 unspecified atom stereocenters. The van der Waals surface area contributed by atoms with Crippen molar-refractivity contribution in [2.45, 2.75) is 31.3 Å². The molecule has 17 heavy (non-hydrogen) atoms. The highest BCUT2D eigenvalue weighted by molar-refractivity contribution is 9.10. The molecular weight excluding hydrogens is 284 g/mol. The van der Waals surface area contributed by atoms with Gasteiger partial charge in [0.1, 0.15) is 5.69 Å². The lowest BCUT2D eigenvalue weighted by Gasteiger charge is -2.22. The smallest absolute Gasteiger partial charge is 0.268 e. The Bertz CT molecular complexity index is 422. The van der Waals surface area contributed by atoms with Gasteiger partial charge in [0.25, 0.3) is 5.91 Å². The fourth-order valence-electron chi connectivity index (χ4n) is 2.30. The van der Waals surface area contributed by atoms with Crippen molar-refractivity contribution in [3.63, 3.8) is 0 Å². The molecule has 0 spiro atoms. The zero-order valence-corrected chi connectivity index (χ0v) is 11.5. The highest BCUT2D eigenvalue weighted by atomic mass is 79.9. The number of hydrogen-bond donors (Lipinski definition) is 2. The summed E-state index contributed by atoms with van der Waals surface area (Å²) in [4.78, 5) is 11.9. The third kappa shape index (κ3) is 2.90. The Morgan fingerprint density at radius 1 is 1.59 bits per heavy atom. The lowest BCUT2D eigenvalue weighted by molar-refractivity contribution is 0.0448. The molecule has 0 saturated heterocycles. The van der Waals surface area contributed by atoms with Crippen LogP contribution in [0.2, 0.25) is 0 Å². The van der Waals surface area contributed by atoms with Crippen LogP contribution in [0.4, 0.5) is 0 Å². The molecule has 1 fully saturated rings. The van der Waals surface area contributed by atoms with Gasteiger partial charge in [0, 0.05) is 24.3 Å². The molecule has 2 rings (SSSR count). The molecule has 94 valence electrons. The predicted molar refractivity (Wildman–Crippen MR) is 68.9 cm³/mol. The minimum atomic E-state index is -0.696. The molecular formula is C12H17BrN2O2. The number of aryl methyl sites for hydroxylation is 1. The first-order valence-corrected chi connectivity index (χ1v) is 6.62.